The fourth-order valence-electron chi connectivity index (χ4n) is 4.59. The summed E-state index contributed by atoms with van der Waals surface area (Å²) in [5.74, 6) is 2.22. The van der Waals surface area contributed by atoms with Crippen LogP contribution in [-0.4, -0.2) is 36.2 Å². The van der Waals surface area contributed by atoms with E-state index >= 15 is 0 Å². The fraction of sp³-hybridized carbons (Fsp3) is 0.355. The SMILES string of the molecule is CC(C)C(=O)Nc1cccc(C2CCN(CCCC(=O)c3ccc(Oc4ccccc4)cc3)CC2)c1. The third kappa shape index (κ3) is 7.28. The molecule has 1 aliphatic heterocycles. The number of ether oxygens (including phenoxy) is 1. The van der Waals surface area contributed by atoms with Crippen molar-refractivity contribution in [2.45, 2.75) is 45.4 Å². The van der Waals surface area contributed by atoms with Crippen LogP contribution in [0.15, 0.2) is 78.9 Å². The van der Waals surface area contributed by atoms with Crippen LogP contribution in [0.3, 0.4) is 0 Å². The molecular weight excluding hydrogens is 448 g/mol. The Kier molecular flexibility index (Phi) is 8.90. The Labute approximate surface area is 214 Å². The molecule has 1 amide bonds. The summed E-state index contributed by atoms with van der Waals surface area (Å²) in [6, 6.07) is 25.3. The van der Waals surface area contributed by atoms with Crippen molar-refractivity contribution in [3.63, 3.8) is 0 Å². The van der Waals surface area contributed by atoms with E-state index in [1.54, 1.807) is 0 Å². The van der Waals surface area contributed by atoms with Crippen LogP contribution in [0.25, 0.3) is 0 Å². The van der Waals surface area contributed by atoms with Gasteiger partial charge in [0.25, 0.3) is 0 Å². The second-order valence-electron chi connectivity index (χ2n) is 9.85. The van der Waals surface area contributed by atoms with Crippen molar-refractivity contribution in [3.8, 4) is 11.5 Å². The topological polar surface area (TPSA) is 58.6 Å². The van der Waals surface area contributed by atoms with Gasteiger partial charge in [0.15, 0.2) is 5.78 Å². The number of para-hydroxylation sites is 1. The largest absolute Gasteiger partial charge is 0.457 e. The van der Waals surface area contributed by atoms with Gasteiger partial charge in [0.1, 0.15) is 11.5 Å². The number of ketones is 1. The average Bonchev–Trinajstić information content (AvgIpc) is 2.90. The van der Waals surface area contributed by atoms with Gasteiger partial charge in [-0.2, -0.15) is 0 Å². The van der Waals surface area contributed by atoms with Crippen molar-refractivity contribution in [2.75, 3.05) is 25.0 Å². The zero-order valence-corrected chi connectivity index (χ0v) is 21.3. The maximum atomic E-state index is 12.7. The molecule has 0 bridgehead atoms. The number of amides is 1. The second-order valence-corrected chi connectivity index (χ2v) is 9.85. The summed E-state index contributed by atoms with van der Waals surface area (Å²) < 4.78 is 5.81. The van der Waals surface area contributed by atoms with Crippen LogP contribution >= 0.6 is 0 Å². The number of piperidine rings is 1. The molecule has 1 heterocycles. The molecular formula is C31H36N2O3. The highest BCUT2D eigenvalue weighted by molar-refractivity contribution is 5.96. The Morgan fingerprint density at radius 2 is 1.61 bits per heavy atom. The molecule has 5 heteroatoms. The molecule has 188 valence electrons. The minimum atomic E-state index is -0.0307. The van der Waals surface area contributed by atoms with Crippen molar-refractivity contribution < 1.29 is 14.3 Å². The standard InChI is InChI=1S/C31H36N2O3/c1-23(2)31(35)32-27-9-6-8-26(22-27)24-17-20-33(21-18-24)19-7-12-30(34)25-13-15-29(16-14-25)36-28-10-4-3-5-11-28/h3-6,8-11,13-16,22-24H,7,12,17-21H2,1-2H3,(H,32,35). The van der Waals surface area contributed by atoms with Crippen molar-refractivity contribution in [1.29, 1.82) is 0 Å². The molecule has 0 spiro atoms. The lowest BCUT2D eigenvalue weighted by Gasteiger charge is -2.32. The average molecular weight is 485 g/mol. The fourth-order valence-corrected chi connectivity index (χ4v) is 4.59. The maximum Gasteiger partial charge on any atom is 0.226 e. The number of carbonyl (C=O) groups is 2. The van der Waals surface area contributed by atoms with E-state index in [1.165, 1.54) is 5.56 Å². The van der Waals surface area contributed by atoms with Gasteiger partial charge in [-0.25, -0.2) is 0 Å². The first kappa shape index (κ1) is 25.6. The first-order valence-electron chi connectivity index (χ1n) is 13.0. The number of benzene rings is 3. The van der Waals surface area contributed by atoms with Crippen LogP contribution in [0.1, 0.15) is 61.4 Å². The van der Waals surface area contributed by atoms with Gasteiger partial charge >= 0.3 is 0 Å². The number of nitrogens with one attached hydrogen (secondary N) is 1. The van der Waals surface area contributed by atoms with Gasteiger partial charge in [-0.05, 0) is 98.9 Å². The summed E-state index contributed by atoms with van der Waals surface area (Å²) in [7, 11) is 0. The quantitative estimate of drug-likeness (QED) is 0.318. The first-order valence-corrected chi connectivity index (χ1v) is 13.0. The monoisotopic (exact) mass is 484 g/mol. The van der Waals surface area contributed by atoms with E-state index in [-0.39, 0.29) is 17.6 Å². The molecule has 3 aromatic carbocycles. The third-order valence-corrected chi connectivity index (χ3v) is 6.77. The van der Waals surface area contributed by atoms with Gasteiger partial charge in [-0.3, -0.25) is 9.59 Å². The first-order chi connectivity index (χ1) is 17.5. The maximum absolute atomic E-state index is 12.7. The van der Waals surface area contributed by atoms with E-state index in [4.69, 9.17) is 4.74 Å². The molecule has 1 saturated heterocycles. The van der Waals surface area contributed by atoms with E-state index in [0.717, 1.165) is 61.6 Å². The molecule has 0 aromatic heterocycles. The zero-order valence-electron chi connectivity index (χ0n) is 21.3. The Morgan fingerprint density at radius 3 is 2.31 bits per heavy atom. The number of carbonyl (C=O) groups excluding carboxylic acids is 2. The van der Waals surface area contributed by atoms with Gasteiger partial charge in [0.05, 0.1) is 0 Å². The van der Waals surface area contributed by atoms with Crippen LogP contribution in [0.2, 0.25) is 0 Å². The number of anilines is 1. The number of likely N-dealkylation sites (tertiary alicyclic amines) is 1. The highest BCUT2D eigenvalue weighted by Gasteiger charge is 2.21. The molecule has 5 nitrogen and oxygen atoms in total. The molecule has 0 saturated carbocycles. The summed E-state index contributed by atoms with van der Waals surface area (Å²) >= 11 is 0. The lowest BCUT2D eigenvalue weighted by Crippen LogP contribution is -2.33. The minimum Gasteiger partial charge on any atom is -0.457 e. The normalized spacial score (nSPS) is 14.5. The zero-order chi connectivity index (χ0) is 25.3. The minimum absolute atomic E-state index is 0.0307. The number of nitrogens with zero attached hydrogens (tertiary/aromatic N) is 1. The van der Waals surface area contributed by atoms with E-state index in [9.17, 15) is 9.59 Å². The summed E-state index contributed by atoms with van der Waals surface area (Å²) in [6.07, 6.45) is 3.61. The molecule has 1 fully saturated rings. The smallest absolute Gasteiger partial charge is 0.226 e. The van der Waals surface area contributed by atoms with Crippen LogP contribution in [0.5, 0.6) is 11.5 Å². The van der Waals surface area contributed by atoms with Crippen LogP contribution in [0, 0.1) is 5.92 Å². The molecule has 0 atom stereocenters. The number of hydrogen-bond donors (Lipinski definition) is 1. The molecule has 36 heavy (non-hydrogen) atoms. The van der Waals surface area contributed by atoms with E-state index in [2.05, 4.69) is 22.3 Å². The molecule has 4 rings (SSSR count). The van der Waals surface area contributed by atoms with Crippen molar-refractivity contribution >= 4 is 17.4 Å². The Balaban J connectivity index is 1.19. The predicted molar refractivity (Wildman–Crippen MR) is 145 cm³/mol. The Bertz CT molecular complexity index is 1130. The molecule has 0 aliphatic carbocycles. The summed E-state index contributed by atoms with van der Waals surface area (Å²) in [4.78, 5) is 27.1. The van der Waals surface area contributed by atoms with Crippen molar-refractivity contribution in [1.82, 2.24) is 4.90 Å². The lowest BCUT2D eigenvalue weighted by molar-refractivity contribution is -0.118. The summed E-state index contributed by atoms with van der Waals surface area (Å²) in [6.45, 7) is 6.82. The van der Waals surface area contributed by atoms with Crippen molar-refractivity contribution in [3.05, 3.63) is 90.0 Å². The van der Waals surface area contributed by atoms with Crippen LogP contribution < -0.4 is 10.1 Å². The number of Topliss-reactive ketones (excluding diaryl/α,β-unsaturated/α-hetero) is 1. The van der Waals surface area contributed by atoms with E-state index in [1.807, 2.05) is 80.6 Å². The van der Waals surface area contributed by atoms with Crippen molar-refractivity contribution in [2.24, 2.45) is 5.92 Å². The highest BCUT2D eigenvalue weighted by atomic mass is 16.5. The third-order valence-electron chi connectivity index (χ3n) is 6.77. The Morgan fingerprint density at radius 1 is 0.917 bits per heavy atom. The molecule has 0 radical (unpaired) electrons. The van der Waals surface area contributed by atoms with E-state index in [0.29, 0.717) is 12.3 Å². The summed E-state index contributed by atoms with van der Waals surface area (Å²) in [5, 5.41) is 3.01. The molecule has 0 unspecified atom stereocenters. The van der Waals surface area contributed by atoms with E-state index < -0.39 is 0 Å². The van der Waals surface area contributed by atoms with Crippen LogP contribution in [0.4, 0.5) is 5.69 Å². The second kappa shape index (κ2) is 12.5. The van der Waals surface area contributed by atoms with Gasteiger partial charge in [-0.1, -0.05) is 44.2 Å². The lowest BCUT2D eigenvalue weighted by atomic mass is 9.89. The number of rotatable bonds is 10. The van der Waals surface area contributed by atoms with Gasteiger partial charge < -0.3 is 15.0 Å². The van der Waals surface area contributed by atoms with Crippen LogP contribution in [-0.2, 0) is 4.79 Å². The van der Waals surface area contributed by atoms with Gasteiger partial charge in [-0.15, -0.1) is 0 Å². The van der Waals surface area contributed by atoms with Gasteiger partial charge in [0, 0.05) is 23.6 Å². The Hall–Kier alpha value is -3.44. The molecule has 3 aromatic rings. The molecule has 1 N–H and O–H groups in total. The predicted octanol–water partition coefficient (Wildman–Crippen LogP) is 6.92. The highest BCUT2D eigenvalue weighted by Crippen LogP contribution is 2.30. The number of hydrogen-bond acceptors (Lipinski definition) is 4. The summed E-state index contributed by atoms with van der Waals surface area (Å²) in [5.41, 5.74) is 2.91. The molecule has 1 aliphatic rings. The van der Waals surface area contributed by atoms with Gasteiger partial charge in [0.2, 0.25) is 5.91 Å².